The summed E-state index contributed by atoms with van der Waals surface area (Å²) < 4.78 is 13.2. The molecule has 0 aliphatic heterocycles. The Labute approximate surface area is 106 Å². The van der Waals surface area contributed by atoms with Gasteiger partial charge in [-0.25, -0.2) is 4.39 Å². The maximum absolute atomic E-state index is 13.2. The third kappa shape index (κ3) is 2.53. The van der Waals surface area contributed by atoms with E-state index in [0.29, 0.717) is 12.1 Å². The maximum Gasteiger partial charge on any atom is 0.254 e. The van der Waals surface area contributed by atoms with Crippen LogP contribution < -0.4 is 0 Å². The minimum Gasteiger partial charge on any atom is -0.395 e. The van der Waals surface area contributed by atoms with E-state index in [4.69, 9.17) is 5.11 Å². The number of aryl methyl sites for hydroxylation is 1. The molecule has 1 aromatic rings. The van der Waals surface area contributed by atoms with Crippen LogP contribution in [0.4, 0.5) is 4.39 Å². The van der Waals surface area contributed by atoms with Gasteiger partial charge in [-0.1, -0.05) is 6.07 Å². The highest BCUT2D eigenvalue weighted by Gasteiger charge is 2.29. The molecule has 1 aliphatic carbocycles. The van der Waals surface area contributed by atoms with Crippen LogP contribution in [-0.4, -0.2) is 35.1 Å². The Kier molecular flexibility index (Phi) is 3.97. The van der Waals surface area contributed by atoms with Gasteiger partial charge in [0.2, 0.25) is 0 Å². The lowest BCUT2D eigenvalue weighted by Gasteiger charge is -2.37. The van der Waals surface area contributed by atoms with Gasteiger partial charge in [-0.15, -0.1) is 0 Å². The number of carbonyl (C=O) groups excluding carboxylic acids is 1. The van der Waals surface area contributed by atoms with Crippen molar-refractivity contribution >= 4 is 5.91 Å². The summed E-state index contributed by atoms with van der Waals surface area (Å²) in [5.41, 5.74) is 1.17. The van der Waals surface area contributed by atoms with Gasteiger partial charge >= 0.3 is 0 Å². The molecule has 1 saturated carbocycles. The summed E-state index contributed by atoms with van der Waals surface area (Å²) in [7, 11) is 0. The van der Waals surface area contributed by atoms with E-state index in [0.717, 1.165) is 24.8 Å². The van der Waals surface area contributed by atoms with Gasteiger partial charge in [0, 0.05) is 18.2 Å². The highest BCUT2D eigenvalue weighted by molar-refractivity contribution is 5.95. The van der Waals surface area contributed by atoms with Gasteiger partial charge in [-0.2, -0.15) is 0 Å². The fourth-order valence-electron chi connectivity index (χ4n) is 2.24. The predicted octanol–water partition coefficient (Wildman–Crippen LogP) is 2.12. The van der Waals surface area contributed by atoms with E-state index < -0.39 is 5.82 Å². The van der Waals surface area contributed by atoms with Gasteiger partial charge in [-0.3, -0.25) is 4.79 Å². The number of hydrogen-bond donors (Lipinski definition) is 1. The van der Waals surface area contributed by atoms with E-state index in [-0.39, 0.29) is 18.6 Å². The molecular weight excluding hydrogens is 233 g/mol. The summed E-state index contributed by atoms with van der Waals surface area (Å²) in [5, 5.41) is 9.06. The van der Waals surface area contributed by atoms with Gasteiger partial charge in [0.1, 0.15) is 5.82 Å². The summed E-state index contributed by atoms with van der Waals surface area (Å²) in [6.07, 6.45) is 3.06. The standard InChI is InChI=1S/C14H18FNO2/c1-10-5-6-11(15)9-13(10)14(18)16(7-8-17)12-3-2-4-12/h5-6,9,12,17H,2-4,7-8H2,1H3. The number of nitrogens with zero attached hydrogens (tertiary/aromatic N) is 1. The van der Waals surface area contributed by atoms with Crippen LogP contribution in [0, 0.1) is 12.7 Å². The SMILES string of the molecule is Cc1ccc(F)cc1C(=O)N(CCO)C1CCC1. The number of benzene rings is 1. The van der Waals surface area contributed by atoms with Crippen molar-refractivity contribution in [1.82, 2.24) is 4.90 Å². The van der Waals surface area contributed by atoms with Gasteiger partial charge in [0.15, 0.2) is 0 Å². The minimum absolute atomic E-state index is 0.0589. The normalized spacial score (nSPS) is 15.3. The fourth-order valence-corrected chi connectivity index (χ4v) is 2.24. The van der Waals surface area contributed by atoms with Crippen LogP contribution in [-0.2, 0) is 0 Å². The van der Waals surface area contributed by atoms with E-state index in [2.05, 4.69) is 0 Å². The highest BCUT2D eigenvalue weighted by atomic mass is 19.1. The molecule has 1 aromatic carbocycles. The molecular formula is C14H18FNO2. The molecule has 98 valence electrons. The first-order chi connectivity index (χ1) is 8.63. The first-order valence-electron chi connectivity index (χ1n) is 6.31. The zero-order valence-corrected chi connectivity index (χ0v) is 10.5. The summed E-state index contributed by atoms with van der Waals surface area (Å²) >= 11 is 0. The molecule has 1 amide bonds. The zero-order chi connectivity index (χ0) is 13.1. The molecule has 0 saturated heterocycles. The Hall–Kier alpha value is -1.42. The van der Waals surface area contributed by atoms with E-state index >= 15 is 0 Å². The average molecular weight is 251 g/mol. The van der Waals surface area contributed by atoms with Crippen molar-refractivity contribution in [3.05, 3.63) is 35.1 Å². The number of rotatable bonds is 4. The Morgan fingerprint density at radius 3 is 2.78 bits per heavy atom. The number of carbonyl (C=O) groups is 1. The number of hydrogen-bond acceptors (Lipinski definition) is 2. The smallest absolute Gasteiger partial charge is 0.254 e. The van der Waals surface area contributed by atoms with Gasteiger partial charge in [0.05, 0.1) is 6.61 Å². The van der Waals surface area contributed by atoms with Crippen molar-refractivity contribution in [2.45, 2.75) is 32.2 Å². The van der Waals surface area contributed by atoms with Crippen molar-refractivity contribution < 1.29 is 14.3 Å². The molecule has 2 rings (SSSR count). The second-order valence-electron chi connectivity index (χ2n) is 4.77. The molecule has 0 radical (unpaired) electrons. The van der Waals surface area contributed by atoms with Gasteiger partial charge in [-0.05, 0) is 43.9 Å². The Bertz CT molecular complexity index is 443. The monoisotopic (exact) mass is 251 g/mol. The summed E-state index contributed by atoms with van der Waals surface area (Å²) in [6, 6.07) is 4.44. The Balaban J connectivity index is 2.23. The summed E-state index contributed by atoms with van der Waals surface area (Å²) in [4.78, 5) is 14.1. The lowest BCUT2D eigenvalue weighted by atomic mass is 9.90. The zero-order valence-electron chi connectivity index (χ0n) is 10.5. The topological polar surface area (TPSA) is 40.5 Å². The third-order valence-electron chi connectivity index (χ3n) is 3.55. The highest BCUT2D eigenvalue weighted by Crippen LogP contribution is 2.26. The first kappa shape index (κ1) is 13.0. The quantitative estimate of drug-likeness (QED) is 0.890. The molecule has 3 nitrogen and oxygen atoms in total. The first-order valence-corrected chi connectivity index (χ1v) is 6.31. The summed E-state index contributed by atoms with van der Waals surface area (Å²) in [5.74, 6) is -0.577. The Morgan fingerprint density at radius 1 is 1.50 bits per heavy atom. The Morgan fingerprint density at radius 2 is 2.22 bits per heavy atom. The number of aliphatic hydroxyl groups excluding tert-OH is 1. The molecule has 0 heterocycles. The van der Waals surface area contributed by atoms with Gasteiger partial charge in [0.25, 0.3) is 5.91 Å². The van der Waals surface area contributed by atoms with E-state index in [1.54, 1.807) is 17.9 Å². The van der Waals surface area contributed by atoms with E-state index in [1.807, 2.05) is 0 Å². The van der Waals surface area contributed by atoms with Crippen LogP contribution in [0.3, 0.4) is 0 Å². The van der Waals surface area contributed by atoms with Crippen molar-refractivity contribution in [2.24, 2.45) is 0 Å². The van der Waals surface area contributed by atoms with E-state index in [9.17, 15) is 9.18 Å². The lowest BCUT2D eigenvalue weighted by molar-refractivity contribution is 0.0524. The van der Waals surface area contributed by atoms with Crippen LogP contribution in [0.25, 0.3) is 0 Å². The fraction of sp³-hybridized carbons (Fsp3) is 0.500. The molecule has 1 fully saturated rings. The number of halogens is 1. The second kappa shape index (κ2) is 5.48. The average Bonchev–Trinajstić information content (AvgIpc) is 2.28. The van der Waals surface area contributed by atoms with E-state index in [1.165, 1.54) is 12.1 Å². The van der Waals surface area contributed by atoms with Gasteiger partial charge < -0.3 is 10.0 Å². The van der Waals surface area contributed by atoms with Crippen molar-refractivity contribution in [3.8, 4) is 0 Å². The summed E-state index contributed by atoms with van der Waals surface area (Å²) in [6.45, 7) is 2.06. The van der Waals surface area contributed by atoms with Crippen LogP contribution in [0.1, 0.15) is 35.2 Å². The molecule has 0 spiro atoms. The second-order valence-corrected chi connectivity index (χ2v) is 4.77. The molecule has 18 heavy (non-hydrogen) atoms. The number of aliphatic hydroxyl groups is 1. The molecule has 1 N–H and O–H groups in total. The molecule has 0 aromatic heterocycles. The van der Waals surface area contributed by atoms with Crippen molar-refractivity contribution in [3.63, 3.8) is 0 Å². The van der Waals surface area contributed by atoms with Crippen LogP contribution in [0.5, 0.6) is 0 Å². The lowest BCUT2D eigenvalue weighted by Crippen LogP contribution is -2.45. The minimum atomic E-state index is -0.401. The van der Waals surface area contributed by atoms with Crippen LogP contribution in [0.2, 0.25) is 0 Å². The largest absolute Gasteiger partial charge is 0.395 e. The molecule has 0 bridgehead atoms. The van der Waals surface area contributed by atoms with Crippen LogP contribution >= 0.6 is 0 Å². The molecule has 0 unspecified atom stereocenters. The molecule has 1 aliphatic rings. The maximum atomic E-state index is 13.2. The van der Waals surface area contributed by atoms with Crippen molar-refractivity contribution in [2.75, 3.05) is 13.2 Å². The van der Waals surface area contributed by atoms with Crippen molar-refractivity contribution in [1.29, 1.82) is 0 Å². The third-order valence-corrected chi connectivity index (χ3v) is 3.55. The number of amides is 1. The predicted molar refractivity (Wildman–Crippen MR) is 66.9 cm³/mol. The molecule has 4 heteroatoms. The van der Waals surface area contributed by atoms with Crippen LogP contribution in [0.15, 0.2) is 18.2 Å². The molecule has 0 atom stereocenters.